The minimum atomic E-state index is -4.59. The molecule has 0 bridgehead atoms. The number of carbonyl (C=O) groups excluding carboxylic acids is 1. The third-order valence-electron chi connectivity index (χ3n) is 8.87. The molecule has 5 atom stereocenters. The lowest BCUT2D eigenvalue weighted by Gasteiger charge is -2.45. The zero-order valence-corrected chi connectivity index (χ0v) is 29.5. The second-order valence-corrected chi connectivity index (χ2v) is 13.6. The van der Waals surface area contributed by atoms with Crippen LogP contribution in [0.3, 0.4) is 0 Å². The van der Waals surface area contributed by atoms with Crippen LogP contribution in [0.1, 0.15) is 60.1 Å². The molecular formula is C31H41F4N7O10S. The highest BCUT2D eigenvalue weighted by Gasteiger charge is 2.41. The van der Waals surface area contributed by atoms with Gasteiger partial charge in [-0.05, 0) is 43.3 Å². The number of carbonyl (C=O) groups is 1. The van der Waals surface area contributed by atoms with E-state index in [0.717, 1.165) is 28.6 Å². The fourth-order valence-electron chi connectivity index (χ4n) is 6.49. The Labute approximate surface area is 303 Å². The summed E-state index contributed by atoms with van der Waals surface area (Å²) >= 11 is 1.05. The Morgan fingerprint density at radius 3 is 2.51 bits per heavy atom. The zero-order chi connectivity index (χ0) is 38.9. The summed E-state index contributed by atoms with van der Waals surface area (Å²) < 4.78 is 67.8. The minimum Gasteiger partial charge on any atom is -0.396 e. The van der Waals surface area contributed by atoms with Gasteiger partial charge in [0.2, 0.25) is 5.90 Å². The van der Waals surface area contributed by atoms with Crippen molar-refractivity contribution in [1.29, 1.82) is 0 Å². The Morgan fingerprint density at radius 2 is 1.87 bits per heavy atom. The first-order chi connectivity index (χ1) is 24.8. The van der Waals surface area contributed by atoms with Crippen LogP contribution in [-0.4, -0.2) is 120 Å². The number of thiophene rings is 1. The monoisotopic (exact) mass is 779 g/mol. The number of likely N-dealkylation sites (tertiary alicyclic amines) is 1. The number of aromatic nitrogens is 2. The molecule has 0 aliphatic carbocycles. The van der Waals surface area contributed by atoms with Crippen LogP contribution in [0, 0.1) is 0 Å². The number of hydroxylamine groups is 1. The van der Waals surface area contributed by atoms with Crippen molar-refractivity contribution in [1.82, 2.24) is 25.5 Å². The molecule has 17 nitrogen and oxygen atoms in total. The second kappa shape index (κ2) is 15.9. The Balaban J connectivity index is 1.36. The third kappa shape index (κ3) is 10.1. The fourth-order valence-corrected chi connectivity index (χ4v) is 7.76. The van der Waals surface area contributed by atoms with Gasteiger partial charge in [-0.25, -0.2) is 9.38 Å². The van der Waals surface area contributed by atoms with Crippen molar-refractivity contribution in [3.63, 3.8) is 0 Å². The number of ether oxygens (including phenoxy) is 2. The van der Waals surface area contributed by atoms with Gasteiger partial charge in [0.1, 0.15) is 11.7 Å². The molecule has 1 fully saturated rings. The summed E-state index contributed by atoms with van der Waals surface area (Å²) in [6, 6.07) is 4.11. The molecule has 2 aliphatic heterocycles. The molecule has 9 N–H and O–H groups in total. The van der Waals surface area contributed by atoms with Crippen LogP contribution in [-0.2, 0) is 22.5 Å². The van der Waals surface area contributed by atoms with Crippen LogP contribution < -0.4 is 20.9 Å². The molecule has 0 radical (unpaired) electrons. The Kier molecular flexibility index (Phi) is 12.2. The minimum absolute atomic E-state index is 0.0474. The number of aliphatic imine (C=N–C) groups is 1. The summed E-state index contributed by atoms with van der Waals surface area (Å²) in [6.45, 7) is 2.62. The van der Waals surface area contributed by atoms with Crippen molar-refractivity contribution < 1.29 is 67.3 Å². The van der Waals surface area contributed by atoms with E-state index in [1.807, 2.05) is 20.9 Å². The molecule has 5 unspecified atom stereocenters. The SMILES string of the molecule is CCC1CC(Nc2cccc3c(CC(F)(F)F)c(C4N=C(CNC(=O)c5cn(CCOC(O)(O)O)nc5OC(O)(O)O)ON4)sc23)C(F)C(CC)N1C. The molecule has 1 aromatic carbocycles. The van der Waals surface area contributed by atoms with E-state index in [2.05, 4.69) is 40.6 Å². The second-order valence-electron chi connectivity index (χ2n) is 12.6. The number of fused-ring (bicyclic) bond motifs is 1. The number of nitrogens with zero attached hydrogens (tertiary/aromatic N) is 4. The highest BCUT2D eigenvalue weighted by molar-refractivity contribution is 7.20. The average Bonchev–Trinajstić information content (AvgIpc) is 3.77. The molecule has 1 saturated heterocycles. The van der Waals surface area contributed by atoms with Crippen LogP contribution in [0.2, 0.25) is 0 Å². The lowest BCUT2D eigenvalue weighted by molar-refractivity contribution is -0.454. The highest BCUT2D eigenvalue weighted by Crippen LogP contribution is 2.44. The quantitative estimate of drug-likeness (QED) is 0.0778. The van der Waals surface area contributed by atoms with Crippen LogP contribution in [0.5, 0.6) is 5.88 Å². The molecule has 2 aliphatic rings. The zero-order valence-electron chi connectivity index (χ0n) is 28.7. The molecule has 2 aromatic heterocycles. The number of halogens is 4. The molecule has 1 amide bonds. The van der Waals surface area contributed by atoms with E-state index in [1.54, 1.807) is 18.2 Å². The fraction of sp³-hybridized carbons (Fsp3) is 0.581. The number of nitrogens with one attached hydrogen (secondary N) is 3. The number of piperidine rings is 1. The third-order valence-corrected chi connectivity index (χ3v) is 10.2. The predicted molar refractivity (Wildman–Crippen MR) is 179 cm³/mol. The van der Waals surface area contributed by atoms with E-state index < -0.39 is 73.8 Å². The molecule has 53 heavy (non-hydrogen) atoms. The molecule has 294 valence electrons. The van der Waals surface area contributed by atoms with Gasteiger partial charge >= 0.3 is 18.5 Å². The Morgan fingerprint density at radius 1 is 1.13 bits per heavy atom. The van der Waals surface area contributed by atoms with Gasteiger partial charge in [-0.1, -0.05) is 26.0 Å². The van der Waals surface area contributed by atoms with E-state index in [-0.39, 0.29) is 35.0 Å². The van der Waals surface area contributed by atoms with Crippen LogP contribution in [0.4, 0.5) is 23.2 Å². The number of hydrogen-bond donors (Lipinski definition) is 9. The van der Waals surface area contributed by atoms with Gasteiger partial charge in [-0.2, -0.15) is 13.2 Å². The first kappa shape index (κ1) is 40.5. The van der Waals surface area contributed by atoms with Gasteiger partial charge in [0.15, 0.2) is 6.17 Å². The van der Waals surface area contributed by atoms with Gasteiger partial charge in [0, 0.05) is 18.3 Å². The summed E-state index contributed by atoms with van der Waals surface area (Å²) in [5.74, 6) is -1.91. The van der Waals surface area contributed by atoms with Gasteiger partial charge in [0.25, 0.3) is 11.8 Å². The number of hydrogen-bond acceptors (Lipinski definition) is 16. The summed E-state index contributed by atoms with van der Waals surface area (Å²) in [7, 11) is 1.91. The van der Waals surface area contributed by atoms with E-state index in [0.29, 0.717) is 28.6 Å². The molecule has 4 heterocycles. The highest BCUT2D eigenvalue weighted by atomic mass is 32.1. The van der Waals surface area contributed by atoms with Crippen molar-refractivity contribution in [2.24, 2.45) is 4.99 Å². The molecule has 0 spiro atoms. The summed E-state index contributed by atoms with van der Waals surface area (Å²) in [5.41, 5.74) is 2.56. The molecule has 0 saturated carbocycles. The summed E-state index contributed by atoms with van der Waals surface area (Å²) in [4.78, 5) is 25.0. The number of anilines is 1. The summed E-state index contributed by atoms with van der Waals surface area (Å²) in [5, 5.41) is 64.1. The van der Waals surface area contributed by atoms with Crippen molar-refractivity contribution in [3.8, 4) is 5.88 Å². The molecular weight excluding hydrogens is 738 g/mol. The van der Waals surface area contributed by atoms with Crippen molar-refractivity contribution in [3.05, 3.63) is 40.4 Å². The Hall–Kier alpha value is -3.71. The largest absolute Gasteiger partial charge is 0.454 e. The number of alkyl halides is 4. The maximum absolute atomic E-state index is 15.8. The maximum atomic E-state index is 15.8. The van der Waals surface area contributed by atoms with Gasteiger partial charge in [-0.3, -0.25) is 14.4 Å². The normalized spacial score (nSPS) is 22.9. The lowest BCUT2D eigenvalue weighted by atomic mass is 9.87. The van der Waals surface area contributed by atoms with Crippen molar-refractivity contribution in [2.45, 2.75) is 95.0 Å². The van der Waals surface area contributed by atoms with Crippen LogP contribution >= 0.6 is 11.3 Å². The van der Waals surface area contributed by atoms with Crippen molar-refractivity contribution >= 4 is 38.9 Å². The number of rotatable bonds is 15. The van der Waals surface area contributed by atoms with E-state index in [1.165, 1.54) is 0 Å². The maximum Gasteiger partial charge on any atom is 0.454 e. The van der Waals surface area contributed by atoms with Gasteiger partial charge in [-0.15, -0.1) is 21.9 Å². The van der Waals surface area contributed by atoms with E-state index >= 15 is 4.39 Å². The van der Waals surface area contributed by atoms with E-state index in [4.69, 9.17) is 20.2 Å². The summed E-state index contributed by atoms with van der Waals surface area (Å²) in [6.07, 6.45) is -12.5. The standard InChI is InChI=1S/C31H41F4N7O10S/c1-4-15-11-20(23(32)21(5-2)41(15)3)37-19-8-6-7-16-17(12-29(33,34)35)25(53-24(16)19)26-38-22(52-40-26)13-36-27(43)18-14-42(9-10-50-30(44,45)46)39-28(18)51-31(47,48)49/h6-8,14-15,20-21,23,26,37,40,44-49H,4-5,9-13H2,1-3H3,(H,36,43). The lowest BCUT2D eigenvalue weighted by Crippen LogP contribution is -2.57. The predicted octanol–water partition coefficient (Wildman–Crippen LogP) is 1.15. The molecule has 3 aromatic rings. The molecule has 5 rings (SSSR count). The first-order valence-corrected chi connectivity index (χ1v) is 17.3. The van der Waals surface area contributed by atoms with Crippen LogP contribution in [0.25, 0.3) is 10.1 Å². The van der Waals surface area contributed by atoms with Crippen molar-refractivity contribution in [2.75, 3.05) is 25.5 Å². The first-order valence-electron chi connectivity index (χ1n) is 16.5. The average molecular weight is 780 g/mol. The van der Waals surface area contributed by atoms with Crippen LogP contribution in [0.15, 0.2) is 29.4 Å². The van der Waals surface area contributed by atoms with E-state index in [9.17, 15) is 33.3 Å². The number of amides is 1. The topological polar surface area (TPSA) is 236 Å². The smallest absolute Gasteiger partial charge is 0.396 e. The number of benzene rings is 1. The van der Waals surface area contributed by atoms with Gasteiger partial charge in [0.05, 0.1) is 47.4 Å². The van der Waals surface area contributed by atoms with Gasteiger partial charge < -0.3 is 55.6 Å². The number of aliphatic hydroxyl groups is 6. The Bertz CT molecular complexity index is 1780. The molecule has 22 heteroatoms.